The van der Waals surface area contributed by atoms with E-state index in [1.54, 1.807) is 0 Å². The maximum atomic E-state index is 10.6. The summed E-state index contributed by atoms with van der Waals surface area (Å²) in [7, 11) is -8.35. The molecule has 0 spiro atoms. The summed E-state index contributed by atoms with van der Waals surface area (Å²) in [5, 5.41) is 0.575. The number of hydrogen-bond acceptors (Lipinski definition) is 4. The third-order valence-corrected chi connectivity index (χ3v) is 4.97. The van der Waals surface area contributed by atoms with Crippen LogP contribution < -0.4 is 0 Å². The fourth-order valence-corrected chi connectivity index (χ4v) is 3.12. The second-order valence-electron chi connectivity index (χ2n) is 3.98. The molecule has 0 radical (unpaired) electrons. The molecule has 0 amide bonds. The van der Waals surface area contributed by atoms with Crippen molar-refractivity contribution < 1.29 is 25.9 Å². The van der Waals surface area contributed by atoms with Crippen LogP contribution in [0.25, 0.3) is 0 Å². The maximum absolute atomic E-state index is 10.6. The van der Waals surface area contributed by atoms with Gasteiger partial charge in [-0.15, -0.1) is 0 Å². The van der Waals surface area contributed by atoms with E-state index in [-0.39, 0.29) is 19.8 Å². The molecule has 0 atom stereocenters. The van der Waals surface area contributed by atoms with Gasteiger partial charge in [0.05, 0.1) is 9.92 Å². The van der Waals surface area contributed by atoms with Gasteiger partial charge in [-0.05, 0) is 42.5 Å². The largest absolute Gasteiger partial charge is 0.296 e. The van der Waals surface area contributed by atoms with Crippen molar-refractivity contribution in [2.24, 2.45) is 0 Å². The van der Waals surface area contributed by atoms with Gasteiger partial charge in [-0.3, -0.25) is 9.11 Å². The fourth-order valence-electron chi connectivity index (χ4n) is 1.28. The first-order chi connectivity index (χ1) is 10.4. The van der Waals surface area contributed by atoms with Gasteiger partial charge in [0.2, 0.25) is 0 Å². The lowest BCUT2D eigenvalue weighted by Gasteiger charge is -1.99. The Morgan fingerprint density at radius 1 is 0.696 bits per heavy atom. The highest BCUT2D eigenvalue weighted by molar-refractivity contribution is 7.86. The minimum absolute atomic E-state index is 0.0538. The van der Waals surface area contributed by atoms with Gasteiger partial charge in [0, 0.05) is 10.0 Å². The van der Waals surface area contributed by atoms with Gasteiger partial charge in [-0.25, -0.2) is 0 Å². The van der Waals surface area contributed by atoms with Gasteiger partial charge in [-0.2, -0.15) is 16.8 Å². The van der Waals surface area contributed by atoms with Crippen LogP contribution in [0.5, 0.6) is 0 Å². The lowest BCUT2D eigenvalue weighted by atomic mass is 10.4. The van der Waals surface area contributed by atoms with E-state index in [1.807, 2.05) is 0 Å². The highest BCUT2D eigenvalue weighted by Gasteiger charge is 2.14. The summed E-state index contributed by atoms with van der Waals surface area (Å²) in [5.74, 6) is 0. The molecule has 11 heteroatoms. The average molecular weight is 420 g/mol. The summed E-state index contributed by atoms with van der Waals surface area (Å²) in [6, 6.07) is 9.06. The molecule has 0 fully saturated rings. The maximum Gasteiger partial charge on any atom is 0.296 e. The Hall–Kier alpha value is -0.870. The first-order valence-corrected chi connectivity index (χ1v) is 9.58. The molecule has 0 aromatic heterocycles. The molecule has 2 rings (SSSR count). The number of benzene rings is 2. The molecule has 126 valence electrons. The summed E-state index contributed by atoms with van der Waals surface area (Å²) in [4.78, 5) is -0.529. The number of halogens is 3. The lowest BCUT2D eigenvalue weighted by Crippen LogP contribution is -1.98. The zero-order chi connectivity index (χ0) is 17.8. The molecular formula is C12H9Cl3O6S2. The van der Waals surface area contributed by atoms with Gasteiger partial charge in [0.1, 0.15) is 4.90 Å². The molecule has 0 aliphatic heterocycles. The summed E-state index contributed by atoms with van der Waals surface area (Å²) >= 11 is 16.5. The summed E-state index contributed by atoms with van der Waals surface area (Å²) in [6.45, 7) is 0. The van der Waals surface area contributed by atoms with Gasteiger partial charge < -0.3 is 0 Å². The normalized spacial score (nSPS) is 11.5. The van der Waals surface area contributed by atoms with Crippen molar-refractivity contribution in [3.05, 3.63) is 57.5 Å². The SMILES string of the molecule is O=S(=O)(O)c1cc(Cl)ccc1Cl.O=S(=O)(O)c1ccc(Cl)cc1. The van der Waals surface area contributed by atoms with Crippen LogP contribution in [0.4, 0.5) is 0 Å². The third kappa shape index (κ3) is 6.64. The predicted molar refractivity (Wildman–Crippen MR) is 87.5 cm³/mol. The monoisotopic (exact) mass is 418 g/mol. The van der Waals surface area contributed by atoms with Crippen molar-refractivity contribution in [2.45, 2.75) is 9.79 Å². The first kappa shape index (κ1) is 20.2. The van der Waals surface area contributed by atoms with E-state index >= 15 is 0 Å². The minimum atomic E-state index is -4.27. The van der Waals surface area contributed by atoms with Gasteiger partial charge >= 0.3 is 0 Å². The highest BCUT2D eigenvalue weighted by Crippen LogP contribution is 2.24. The Bertz CT molecular complexity index is 893. The smallest absolute Gasteiger partial charge is 0.282 e. The number of hydrogen-bond donors (Lipinski definition) is 2. The van der Waals surface area contributed by atoms with Crippen LogP contribution in [0, 0.1) is 0 Å². The molecule has 0 bridgehead atoms. The molecule has 0 heterocycles. The van der Waals surface area contributed by atoms with E-state index in [2.05, 4.69) is 0 Å². The second kappa shape index (κ2) is 7.80. The van der Waals surface area contributed by atoms with Gasteiger partial charge in [0.15, 0.2) is 0 Å². The van der Waals surface area contributed by atoms with Crippen molar-refractivity contribution in [1.82, 2.24) is 0 Å². The lowest BCUT2D eigenvalue weighted by molar-refractivity contribution is 0.481. The third-order valence-electron chi connectivity index (χ3n) is 2.28. The highest BCUT2D eigenvalue weighted by atomic mass is 35.5. The van der Waals surface area contributed by atoms with Crippen molar-refractivity contribution >= 4 is 55.0 Å². The Morgan fingerprint density at radius 2 is 1.17 bits per heavy atom. The quantitative estimate of drug-likeness (QED) is 0.716. The topological polar surface area (TPSA) is 109 Å². The van der Waals surface area contributed by atoms with E-state index < -0.39 is 20.2 Å². The Labute approximate surface area is 148 Å². The summed E-state index contributed by atoms with van der Waals surface area (Å²) in [5.41, 5.74) is 0. The van der Waals surface area contributed by atoms with Gasteiger partial charge in [0.25, 0.3) is 20.2 Å². The van der Waals surface area contributed by atoms with Crippen molar-refractivity contribution in [3.63, 3.8) is 0 Å². The molecule has 6 nitrogen and oxygen atoms in total. The molecule has 23 heavy (non-hydrogen) atoms. The van der Waals surface area contributed by atoms with E-state index in [4.69, 9.17) is 43.9 Å². The zero-order valence-electron chi connectivity index (χ0n) is 11.0. The van der Waals surface area contributed by atoms with Crippen molar-refractivity contribution in [1.29, 1.82) is 0 Å². The van der Waals surface area contributed by atoms with Gasteiger partial charge in [-0.1, -0.05) is 34.8 Å². The van der Waals surface area contributed by atoms with Crippen LogP contribution in [0.3, 0.4) is 0 Å². The second-order valence-corrected chi connectivity index (χ2v) is 8.07. The standard InChI is InChI=1S/C6H4Cl2O3S.C6H5ClO3S/c7-4-1-2-5(8)6(3-4)12(9,10)11;7-5-1-3-6(4-2-5)11(8,9)10/h1-3H,(H,9,10,11);1-4H,(H,8,9,10). The number of rotatable bonds is 2. The predicted octanol–water partition coefficient (Wildman–Crippen LogP) is 3.83. The van der Waals surface area contributed by atoms with Crippen LogP contribution in [0.1, 0.15) is 0 Å². The molecule has 2 aromatic rings. The Morgan fingerprint density at radius 3 is 1.57 bits per heavy atom. The average Bonchev–Trinajstić information content (AvgIpc) is 2.40. The van der Waals surface area contributed by atoms with E-state index in [9.17, 15) is 16.8 Å². The van der Waals surface area contributed by atoms with Crippen LogP contribution in [0.2, 0.25) is 15.1 Å². The Balaban J connectivity index is 0.000000231. The first-order valence-electron chi connectivity index (χ1n) is 5.57. The molecule has 0 aliphatic carbocycles. The molecular weight excluding hydrogens is 411 g/mol. The minimum Gasteiger partial charge on any atom is -0.282 e. The van der Waals surface area contributed by atoms with Crippen LogP contribution in [-0.4, -0.2) is 25.9 Å². The molecule has 0 saturated heterocycles. The molecule has 0 unspecified atom stereocenters. The molecule has 2 aromatic carbocycles. The van der Waals surface area contributed by atoms with Crippen LogP contribution >= 0.6 is 34.8 Å². The zero-order valence-corrected chi connectivity index (χ0v) is 14.9. The summed E-state index contributed by atoms with van der Waals surface area (Å²) in [6.07, 6.45) is 0. The van der Waals surface area contributed by atoms with Crippen molar-refractivity contribution in [2.75, 3.05) is 0 Å². The fraction of sp³-hybridized carbons (Fsp3) is 0. The molecule has 0 aliphatic rings. The van der Waals surface area contributed by atoms with Crippen LogP contribution in [0.15, 0.2) is 52.3 Å². The van der Waals surface area contributed by atoms with Crippen LogP contribution in [-0.2, 0) is 20.2 Å². The molecule has 0 saturated carbocycles. The molecule has 2 N–H and O–H groups in total. The summed E-state index contributed by atoms with van der Waals surface area (Å²) < 4.78 is 59.3. The Kier molecular flexibility index (Phi) is 6.84. The van der Waals surface area contributed by atoms with E-state index in [0.717, 1.165) is 6.07 Å². The van der Waals surface area contributed by atoms with E-state index in [1.165, 1.54) is 36.4 Å². The van der Waals surface area contributed by atoms with Crippen molar-refractivity contribution in [3.8, 4) is 0 Å². The van der Waals surface area contributed by atoms with E-state index in [0.29, 0.717) is 5.02 Å².